The summed E-state index contributed by atoms with van der Waals surface area (Å²) in [6.45, 7) is 0. The average molecular weight is 231 g/mol. The molecule has 0 nitrogen and oxygen atoms in total. The minimum absolute atomic E-state index is 0. The topological polar surface area (TPSA) is 0 Å². The van der Waals surface area contributed by atoms with Gasteiger partial charge in [-0.1, -0.05) is 52.3 Å². The molecule has 0 N–H and O–H groups in total. The van der Waals surface area contributed by atoms with Crippen LogP contribution in [0.25, 0.3) is 10.8 Å². The van der Waals surface area contributed by atoms with E-state index in [1.165, 1.54) is 10.8 Å². The second-order valence-corrected chi connectivity index (χ2v) is 3.32. The van der Waals surface area contributed by atoms with Crippen molar-refractivity contribution in [2.45, 2.75) is 0 Å². The maximum atomic E-state index is 3.50. The molecule has 0 saturated carbocycles. The molecule has 0 bridgehead atoms. The molecule has 0 fully saturated rings. The number of rotatable bonds is 0. The van der Waals surface area contributed by atoms with Gasteiger partial charge in [0.15, 0.2) is 0 Å². The maximum absolute atomic E-state index is 3.50. The summed E-state index contributed by atoms with van der Waals surface area (Å²) in [6, 6.07) is 14.5. The molecule has 0 atom stereocenters. The van der Waals surface area contributed by atoms with Crippen molar-refractivity contribution in [1.29, 1.82) is 0 Å². The third-order valence-electron chi connectivity index (χ3n) is 1.74. The van der Waals surface area contributed by atoms with E-state index in [-0.39, 0.29) is 23.1 Å². The first-order valence-corrected chi connectivity index (χ1v) is 4.30. The van der Waals surface area contributed by atoms with E-state index in [9.17, 15) is 0 Å². The minimum atomic E-state index is 0. The van der Waals surface area contributed by atoms with Gasteiger partial charge in [-0.25, -0.2) is 0 Å². The summed E-state index contributed by atoms with van der Waals surface area (Å²) in [6.07, 6.45) is 0. The molecular weight excluding hydrogens is 224 g/mol. The second-order valence-electron chi connectivity index (χ2n) is 2.46. The van der Waals surface area contributed by atoms with Crippen LogP contribution in [0.3, 0.4) is 0 Å². The second kappa shape index (κ2) is 4.26. The summed E-state index contributed by atoms with van der Waals surface area (Å²) in [4.78, 5) is 0. The summed E-state index contributed by atoms with van der Waals surface area (Å²) >= 11 is 3.50. The predicted octanol–water partition coefficient (Wildman–Crippen LogP) is 3.22. The summed E-state index contributed by atoms with van der Waals surface area (Å²) in [5, 5.41) is 2.55. The zero-order chi connectivity index (χ0) is 7.68. The quantitative estimate of drug-likeness (QED) is 0.611. The van der Waals surface area contributed by atoms with Crippen molar-refractivity contribution in [2.24, 2.45) is 0 Å². The standard InChI is InChI=1S/C10H7Br.Mg/c11-10-7-3-5-8-4-1-2-6-9(8)10;/h1-7H;/q;+2. The van der Waals surface area contributed by atoms with Gasteiger partial charge in [-0.05, 0) is 16.8 Å². The first kappa shape index (κ1) is 10.0. The van der Waals surface area contributed by atoms with Gasteiger partial charge in [-0.15, -0.1) is 0 Å². The normalized spacial score (nSPS) is 9.42. The van der Waals surface area contributed by atoms with Crippen molar-refractivity contribution in [1.82, 2.24) is 0 Å². The Hall–Kier alpha value is -0.0538. The van der Waals surface area contributed by atoms with Crippen LogP contribution in [0.15, 0.2) is 46.9 Å². The van der Waals surface area contributed by atoms with Gasteiger partial charge in [0.05, 0.1) is 0 Å². The van der Waals surface area contributed by atoms with Crippen molar-refractivity contribution < 1.29 is 0 Å². The predicted molar refractivity (Wildman–Crippen MR) is 57.4 cm³/mol. The molecule has 2 rings (SSSR count). The zero-order valence-electron chi connectivity index (χ0n) is 6.63. The van der Waals surface area contributed by atoms with E-state index in [2.05, 4.69) is 46.3 Å². The fourth-order valence-electron chi connectivity index (χ4n) is 1.19. The minimum Gasteiger partial charge on any atom is -0.0616 e. The van der Waals surface area contributed by atoms with Gasteiger partial charge in [0.2, 0.25) is 0 Å². The third-order valence-corrected chi connectivity index (χ3v) is 2.43. The molecule has 12 heavy (non-hydrogen) atoms. The van der Waals surface area contributed by atoms with Gasteiger partial charge in [0.1, 0.15) is 0 Å². The van der Waals surface area contributed by atoms with Gasteiger partial charge < -0.3 is 0 Å². The Kier molecular flexibility index (Phi) is 3.56. The van der Waals surface area contributed by atoms with E-state index in [4.69, 9.17) is 0 Å². The van der Waals surface area contributed by atoms with Gasteiger partial charge in [0.25, 0.3) is 0 Å². The molecule has 0 amide bonds. The van der Waals surface area contributed by atoms with Crippen molar-refractivity contribution >= 4 is 49.8 Å². The number of halogens is 1. The monoisotopic (exact) mass is 230 g/mol. The number of fused-ring (bicyclic) bond motifs is 1. The zero-order valence-corrected chi connectivity index (χ0v) is 9.63. The van der Waals surface area contributed by atoms with Crippen molar-refractivity contribution in [2.75, 3.05) is 0 Å². The van der Waals surface area contributed by atoms with E-state index in [0.29, 0.717) is 0 Å². The van der Waals surface area contributed by atoms with E-state index in [0.717, 1.165) is 4.47 Å². The molecule has 0 aromatic heterocycles. The molecule has 0 heterocycles. The van der Waals surface area contributed by atoms with E-state index in [1.807, 2.05) is 12.1 Å². The van der Waals surface area contributed by atoms with Crippen LogP contribution >= 0.6 is 15.9 Å². The summed E-state index contributed by atoms with van der Waals surface area (Å²) in [5.41, 5.74) is 0. The number of hydrogen-bond acceptors (Lipinski definition) is 0. The smallest absolute Gasteiger partial charge is 0.0616 e. The van der Waals surface area contributed by atoms with Crippen LogP contribution in [-0.2, 0) is 0 Å². The Morgan fingerprint density at radius 1 is 0.833 bits per heavy atom. The summed E-state index contributed by atoms with van der Waals surface area (Å²) in [7, 11) is 0. The number of hydrogen-bond donors (Lipinski definition) is 0. The molecule has 0 unspecified atom stereocenters. The van der Waals surface area contributed by atoms with Gasteiger partial charge in [-0.3, -0.25) is 0 Å². The van der Waals surface area contributed by atoms with Crippen LogP contribution < -0.4 is 0 Å². The van der Waals surface area contributed by atoms with Crippen LogP contribution in [0.1, 0.15) is 0 Å². The Bertz CT molecular complexity index is 379. The number of benzene rings is 2. The molecule has 0 radical (unpaired) electrons. The molecular formula is C10H7BrMg+2. The van der Waals surface area contributed by atoms with Crippen molar-refractivity contribution in [3.63, 3.8) is 0 Å². The van der Waals surface area contributed by atoms with Gasteiger partial charge in [-0.2, -0.15) is 0 Å². The summed E-state index contributed by atoms with van der Waals surface area (Å²) in [5.74, 6) is 0. The van der Waals surface area contributed by atoms with Crippen molar-refractivity contribution in [3.05, 3.63) is 46.9 Å². The first-order valence-electron chi connectivity index (χ1n) is 3.51. The molecule has 0 spiro atoms. The Labute approximate surface area is 96.3 Å². The Morgan fingerprint density at radius 2 is 1.50 bits per heavy atom. The van der Waals surface area contributed by atoms with Crippen molar-refractivity contribution in [3.8, 4) is 0 Å². The SMILES string of the molecule is Brc1cccc2ccccc12.[Mg+2]. The molecule has 0 saturated heterocycles. The first-order chi connectivity index (χ1) is 5.38. The van der Waals surface area contributed by atoms with Gasteiger partial charge >= 0.3 is 23.1 Å². The van der Waals surface area contributed by atoms with Crippen LogP contribution in [0.4, 0.5) is 0 Å². The van der Waals surface area contributed by atoms with Crippen LogP contribution in [0.2, 0.25) is 0 Å². The average Bonchev–Trinajstić information content (AvgIpc) is 2.06. The van der Waals surface area contributed by atoms with E-state index >= 15 is 0 Å². The summed E-state index contributed by atoms with van der Waals surface area (Å²) < 4.78 is 1.16. The fourth-order valence-corrected chi connectivity index (χ4v) is 1.70. The molecule has 0 aliphatic heterocycles. The van der Waals surface area contributed by atoms with Gasteiger partial charge in [0, 0.05) is 4.47 Å². The molecule has 0 aliphatic carbocycles. The third kappa shape index (κ3) is 1.81. The molecule has 2 aromatic carbocycles. The molecule has 2 aromatic rings. The molecule has 0 aliphatic rings. The Morgan fingerprint density at radius 3 is 2.25 bits per heavy atom. The van der Waals surface area contributed by atoms with Crippen LogP contribution in [-0.4, -0.2) is 23.1 Å². The maximum Gasteiger partial charge on any atom is 2.00 e. The molecule has 54 valence electrons. The van der Waals surface area contributed by atoms with Crippen LogP contribution in [0, 0.1) is 0 Å². The van der Waals surface area contributed by atoms with E-state index in [1.54, 1.807) is 0 Å². The Balaban J connectivity index is 0.000000720. The van der Waals surface area contributed by atoms with Crippen LogP contribution in [0.5, 0.6) is 0 Å². The largest absolute Gasteiger partial charge is 2.00 e. The molecule has 2 heteroatoms. The van der Waals surface area contributed by atoms with E-state index < -0.39 is 0 Å². The fraction of sp³-hybridized carbons (Fsp3) is 0.